The van der Waals surface area contributed by atoms with Gasteiger partial charge in [-0.1, -0.05) is 25.1 Å². The Labute approximate surface area is 105 Å². The van der Waals surface area contributed by atoms with Crippen LogP contribution in [0.25, 0.3) is 10.9 Å². The van der Waals surface area contributed by atoms with Crippen LogP contribution in [0.5, 0.6) is 0 Å². The maximum Gasteiger partial charge on any atom is 0.253 e. The largest absolute Gasteiger partial charge is 0.336 e. The molecule has 0 radical (unpaired) electrons. The van der Waals surface area contributed by atoms with Crippen LogP contribution in [-0.4, -0.2) is 16.9 Å². The second kappa shape index (κ2) is 5.28. The van der Waals surface area contributed by atoms with Crippen molar-refractivity contribution >= 4 is 16.8 Å². The Kier molecular flexibility index (Phi) is 3.54. The summed E-state index contributed by atoms with van der Waals surface area (Å²) in [6.07, 6.45) is 2.19. The number of carbonyl (C=O) groups is 1. The van der Waals surface area contributed by atoms with E-state index in [9.17, 15) is 4.79 Å². The van der Waals surface area contributed by atoms with Gasteiger partial charge in [0.05, 0.1) is 17.1 Å². The van der Waals surface area contributed by atoms with E-state index in [1.807, 2.05) is 31.2 Å². The first-order valence-electron chi connectivity index (χ1n) is 5.80. The van der Waals surface area contributed by atoms with Crippen molar-refractivity contribution in [3.8, 4) is 6.07 Å². The quantitative estimate of drug-likeness (QED) is 0.893. The van der Waals surface area contributed by atoms with E-state index < -0.39 is 6.04 Å². The molecule has 1 aromatic carbocycles. The summed E-state index contributed by atoms with van der Waals surface area (Å²) in [5.41, 5.74) is 1.32. The van der Waals surface area contributed by atoms with Gasteiger partial charge in [-0.3, -0.25) is 9.78 Å². The molecule has 0 spiro atoms. The van der Waals surface area contributed by atoms with Crippen LogP contribution in [0.3, 0.4) is 0 Å². The first-order valence-corrected chi connectivity index (χ1v) is 5.80. The standard InChI is InChI=1S/C14H13N3O/c1-2-10(9-15)17-14(18)12-7-8-16-13-6-4-3-5-11(12)13/h3-8,10H,2H2,1H3,(H,17,18). The molecule has 0 saturated heterocycles. The number of nitriles is 1. The fourth-order valence-electron chi connectivity index (χ4n) is 1.76. The normalized spacial score (nSPS) is 11.8. The number of carbonyl (C=O) groups excluding carboxylic acids is 1. The van der Waals surface area contributed by atoms with Crippen molar-refractivity contribution in [1.82, 2.24) is 10.3 Å². The molecule has 1 N–H and O–H groups in total. The number of nitrogens with zero attached hydrogens (tertiary/aromatic N) is 2. The van der Waals surface area contributed by atoms with Gasteiger partial charge in [0.2, 0.25) is 0 Å². The van der Waals surface area contributed by atoms with Gasteiger partial charge in [-0.2, -0.15) is 5.26 Å². The fraction of sp³-hybridized carbons (Fsp3) is 0.214. The van der Waals surface area contributed by atoms with Crippen molar-refractivity contribution in [2.75, 3.05) is 0 Å². The molecule has 4 nitrogen and oxygen atoms in total. The third-order valence-corrected chi connectivity index (χ3v) is 2.76. The molecule has 1 amide bonds. The number of benzene rings is 1. The molecular formula is C14H13N3O. The Balaban J connectivity index is 2.37. The van der Waals surface area contributed by atoms with Gasteiger partial charge in [0.25, 0.3) is 5.91 Å². The smallest absolute Gasteiger partial charge is 0.253 e. The van der Waals surface area contributed by atoms with Crippen LogP contribution in [-0.2, 0) is 0 Å². The predicted molar refractivity (Wildman–Crippen MR) is 68.9 cm³/mol. The van der Waals surface area contributed by atoms with E-state index in [2.05, 4.69) is 16.4 Å². The van der Waals surface area contributed by atoms with Gasteiger partial charge in [-0.25, -0.2) is 0 Å². The maximum absolute atomic E-state index is 12.1. The highest BCUT2D eigenvalue weighted by atomic mass is 16.1. The van der Waals surface area contributed by atoms with Crippen molar-refractivity contribution < 1.29 is 4.79 Å². The summed E-state index contributed by atoms with van der Waals surface area (Å²) in [6, 6.07) is 10.7. The summed E-state index contributed by atoms with van der Waals surface area (Å²) < 4.78 is 0. The predicted octanol–water partition coefficient (Wildman–Crippen LogP) is 2.27. The number of rotatable bonds is 3. The number of hydrogen-bond acceptors (Lipinski definition) is 3. The Morgan fingerprint density at radius 3 is 2.94 bits per heavy atom. The highest BCUT2D eigenvalue weighted by Gasteiger charge is 2.13. The number of amides is 1. The van der Waals surface area contributed by atoms with Crippen LogP contribution in [0.15, 0.2) is 36.5 Å². The van der Waals surface area contributed by atoms with Crippen molar-refractivity contribution in [2.45, 2.75) is 19.4 Å². The number of fused-ring (bicyclic) bond motifs is 1. The molecule has 2 rings (SSSR count). The van der Waals surface area contributed by atoms with E-state index in [1.165, 1.54) is 0 Å². The van der Waals surface area contributed by atoms with E-state index in [0.29, 0.717) is 12.0 Å². The monoisotopic (exact) mass is 239 g/mol. The van der Waals surface area contributed by atoms with Gasteiger partial charge in [-0.05, 0) is 18.6 Å². The second-order valence-electron chi connectivity index (χ2n) is 3.94. The summed E-state index contributed by atoms with van der Waals surface area (Å²) in [5, 5.41) is 12.4. The van der Waals surface area contributed by atoms with E-state index >= 15 is 0 Å². The minimum atomic E-state index is -0.454. The summed E-state index contributed by atoms with van der Waals surface area (Å²) in [5.74, 6) is -0.234. The molecule has 4 heteroatoms. The number of pyridine rings is 1. The van der Waals surface area contributed by atoms with Crippen molar-refractivity contribution in [2.24, 2.45) is 0 Å². The maximum atomic E-state index is 12.1. The Morgan fingerprint density at radius 2 is 2.22 bits per heavy atom. The molecule has 18 heavy (non-hydrogen) atoms. The third kappa shape index (κ3) is 2.30. The third-order valence-electron chi connectivity index (χ3n) is 2.76. The number of aromatic nitrogens is 1. The fourth-order valence-corrected chi connectivity index (χ4v) is 1.76. The molecule has 90 valence electrons. The SMILES string of the molecule is CCC(C#N)NC(=O)c1ccnc2ccccc12. The Morgan fingerprint density at radius 1 is 1.44 bits per heavy atom. The minimum Gasteiger partial charge on any atom is -0.336 e. The Bertz CT molecular complexity index is 610. The van der Waals surface area contributed by atoms with E-state index in [-0.39, 0.29) is 5.91 Å². The first kappa shape index (κ1) is 12.1. The lowest BCUT2D eigenvalue weighted by Gasteiger charge is -2.10. The number of hydrogen-bond donors (Lipinski definition) is 1. The van der Waals surface area contributed by atoms with Gasteiger partial charge in [-0.15, -0.1) is 0 Å². The van der Waals surface area contributed by atoms with E-state index in [1.54, 1.807) is 12.3 Å². The molecule has 0 aliphatic carbocycles. The van der Waals surface area contributed by atoms with Gasteiger partial charge in [0, 0.05) is 11.6 Å². The van der Waals surface area contributed by atoms with Crippen molar-refractivity contribution in [3.63, 3.8) is 0 Å². The molecular weight excluding hydrogens is 226 g/mol. The highest BCUT2D eigenvalue weighted by Crippen LogP contribution is 2.16. The van der Waals surface area contributed by atoms with Crippen molar-refractivity contribution in [3.05, 3.63) is 42.1 Å². The van der Waals surface area contributed by atoms with Crippen LogP contribution < -0.4 is 5.32 Å². The molecule has 1 heterocycles. The zero-order chi connectivity index (χ0) is 13.0. The Hall–Kier alpha value is -2.41. The molecule has 0 bridgehead atoms. The van der Waals surface area contributed by atoms with E-state index in [4.69, 9.17) is 5.26 Å². The zero-order valence-corrected chi connectivity index (χ0v) is 10.1. The van der Waals surface area contributed by atoms with Crippen LogP contribution in [0, 0.1) is 11.3 Å². The summed E-state index contributed by atoms with van der Waals surface area (Å²) in [6.45, 7) is 1.86. The van der Waals surface area contributed by atoms with Crippen molar-refractivity contribution in [1.29, 1.82) is 5.26 Å². The summed E-state index contributed by atoms with van der Waals surface area (Å²) in [7, 11) is 0. The lowest BCUT2D eigenvalue weighted by Crippen LogP contribution is -2.33. The number of nitrogens with one attached hydrogen (secondary N) is 1. The number of para-hydroxylation sites is 1. The molecule has 2 aromatic rings. The highest BCUT2D eigenvalue weighted by molar-refractivity contribution is 6.06. The van der Waals surface area contributed by atoms with Gasteiger partial charge < -0.3 is 5.32 Å². The molecule has 0 aliphatic rings. The lowest BCUT2D eigenvalue weighted by molar-refractivity contribution is 0.0946. The molecule has 0 aliphatic heterocycles. The van der Waals surface area contributed by atoms with Gasteiger partial charge in [0.15, 0.2) is 0 Å². The topological polar surface area (TPSA) is 65.8 Å². The molecule has 0 saturated carbocycles. The average Bonchev–Trinajstić information content (AvgIpc) is 2.43. The summed E-state index contributed by atoms with van der Waals surface area (Å²) >= 11 is 0. The van der Waals surface area contributed by atoms with Crippen LogP contribution >= 0.6 is 0 Å². The van der Waals surface area contributed by atoms with Crippen LogP contribution in [0.4, 0.5) is 0 Å². The molecule has 1 atom stereocenters. The second-order valence-corrected chi connectivity index (χ2v) is 3.94. The minimum absolute atomic E-state index is 0.234. The van der Waals surface area contributed by atoms with Gasteiger partial charge in [0.1, 0.15) is 6.04 Å². The molecule has 1 unspecified atom stereocenters. The lowest BCUT2D eigenvalue weighted by atomic mass is 10.1. The first-order chi connectivity index (χ1) is 8.76. The average molecular weight is 239 g/mol. The van der Waals surface area contributed by atoms with Crippen LogP contribution in [0.2, 0.25) is 0 Å². The van der Waals surface area contributed by atoms with E-state index in [0.717, 1.165) is 10.9 Å². The molecule has 1 aromatic heterocycles. The zero-order valence-electron chi connectivity index (χ0n) is 10.1. The van der Waals surface area contributed by atoms with Gasteiger partial charge >= 0.3 is 0 Å². The molecule has 0 fully saturated rings. The van der Waals surface area contributed by atoms with Crippen LogP contribution in [0.1, 0.15) is 23.7 Å². The summed E-state index contributed by atoms with van der Waals surface area (Å²) in [4.78, 5) is 16.3.